The average Bonchev–Trinajstić information content (AvgIpc) is 3.40. The largest absolute Gasteiger partial charge is 0.372 e. The minimum atomic E-state index is -3.94. The number of nitrogens with zero attached hydrogens (tertiary/aromatic N) is 2. The molecule has 1 N–H and O–H groups in total. The van der Waals surface area contributed by atoms with Crippen LogP contribution in [0.1, 0.15) is 42.5 Å². The third-order valence-corrected chi connectivity index (χ3v) is 8.48. The Morgan fingerprint density at radius 1 is 0.943 bits per heavy atom. The van der Waals surface area contributed by atoms with E-state index in [1.54, 1.807) is 36.4 Å². The second kappa shape index (κ2) is 10.5. The monoisotopic (exact) mass is 491 g/mol. The highest BCUT2D eigenvalue weighted by atomic mass is 32.2. The molecule has 184 valence electrons. The summed E-state index contributed by atoms with van der Waals surface area (Å²) in [7, 11) is -3.94. The fourth-order valence-corrected chi connectivity index (χ4v) is 5.97. The van der Waals surface area contributed by atoms with E-state index in [0.29, 0.717) is 5.69 Å². The number of aryl methyl sites for hydroxylation is 1. The number of benzene rings is 3. The first-order chi connectivity index (χ1) is 16.8. The minimum absolute atomic E-state index is 0.152. The quantitative estimate of drug-likeness (QED) is 0.483. The normalized spacial score (nSPS) is 14.5. The van der Waals surface area contributed by atoms with Gasteiger partial charge in [0.25, 0.3) is 10.0 Å². The predicted octanol–water partition coefficient (Wildman–Crippen LogP) is 4.98. The molecular weight excluding hydrogens is 458 g/mol. The molecule has 1 atom stereocenters. The molecule has 1 heterocycles. The maximum atomic E-state index is 13.6. The van der Waals surface area contributed by atoms with Gasteiger partial charge in [-0.3, -0.25) is 9.10 Å². The third kappa shape index (κ3) is 5.51. The van der Waals surface area contributed by atoms with Gasteiger partial charge in [-0.2, -0.15) is 0 Å². The third-order valence-electron chi connectivity index (χ3n) is 6.70. The second-order valence-corrected chi connectivity index (χ2v) is 11.0. The van der Waals surface area contributed by atoms with Gasteiger partial charge in [0, 0.05) is 18.8 Å². The molecule has 0 spiro atoms. The molecule has 3 aromatic carbocycles. The zero-order chi connectivity index (χ0) is 25.0. The number of hydrogen-bond donors (Lipinski definition) is 1. The number of carbonyl (C=O) groups excluding carboxylic acids is 1. The summed E-state index contributed by atoms with van der Waals surface area (Å²) < 4.78 is 28.4. The van der Waals surface area contributed by atoms with Crippen LogP contribution in [-0.4, -0.2) is 34.0 Å². The molecule has 6 nitrogen and oxygen atoms in total. The molecule has 3 aromatic rings. The van der Waals surface area contributed by atoms with Gasteiger partial charge in [-0.1, -0.05) is 42.5 Å². The lowest BCUT2D eigenvalue weighted by molar-refractivity contribution is -0.120. The molecule has 7 heteroatoms. The number of sulfonamides is 1. The first kappa shape index (κ1) is 24.8. The number of rotatable bonds is 8. The Labute approximate surface area is 208 Å². The van der Waals surface area contributed by atoms with Gasteiger partial charge in [-0.05, 0) is 80.6 Å². The lowest BCUT2D eigenvalue weighted by atomic mass is 10.1. The van der Waals surface area contributed by atoms with Crippen LogP contribution < -0.4 is 14.5 Å². The van der Waals surface area contributed by atoms with Crippen LogP contribution in [0, 0.1) is 13.8 Å². The van der Waals surface area contributed by atoms with Crippen molar-refractivity contribution < 1.29 is 13.2 Å². The summed E-state index contributed by atoms with van der Waals surface area (Å²) in [5.41, 5.74) is 4.46. The SMILES string of the molecule is Cc1cccc(N(CC(=O)NC(C)c2ccc(N3CCCC3)cc2)S(=O)(=O)c2ccccc2)c1C. The van der Waals surface area contributed by atoms with Gasteiger partial charge in [0.2, 0.25) is 5.91 Å². The van der Waals surface area contributed by atoms with E-state index in [1.165, 1.54) is 22.8 Å². The lowest BCUT2D eigenvalue weighted by Crippen LogP contribution is -2.42. The van der Waals surface area contributed by atoms with Gasteiger partial charge in [-0.15, -0.1) is 0 Å². The van der Waals surface area contributed by atoms with Crippen molar-refractivity contribution in [3.8, 4) is 0 Å². The molecule has 4 rings (SSSR count). The maximum Gasteiger partial charge on any atom is 0.264 e. The van der Waals surface area contributed by atoms with E-state index in [9.17, 15) is 13.2 Å². The first-order valence-electron chi connectivity index (χ1n) is 12.1. The number of anilines is 2. The first-order valence-corrected chi connectivity index (χ1v) is 13.5. The Morgan fingerprint density at radius 3 is 2.26 bits per heavy atom. The van der Waals surface area contributed by atoms with Gasteiger partial charge in [0.05, 0.1) is 16.6 Å². The van der Waals surface area contributed by atoms with E-state index in [-0.39, 0.29) is 23.4 Å². The summed E-state index contributed by atoms with van der Waals surface area (Å²) in [6.45, 7) is 7.57. The van der Waals surface area contributed by atoms with E-state index >= 15 is 0 Å². The van der Waals surface area contributed by atoms with Crippen LogP contribution in [0.15, 0.2) is 77.7 Å². The van der Waals surface area contributed by atoms with Crippen molar-refractivity contribution in [3.05, 3.63) is 89.5 Å². The summed E-state index contributed by atoms with van der Waals surface area (Å²) in [6, 6.07) is 21.7. The zero-order valence-electron chi connectivity index (χ0n) is 20.6. The number of hydrogen-bond acceptors (Lipinski definition) is 4. The maximum absolute atomic E-state index is 13.6. The molecule has 0 aliphatic carbocycles. The van der Waals surface area contributed by atoms with Gasteiger partial charge in [0.15, 0.2) is 0 Å². The van der Waals surface area contributed by atoms with Crippen LogP contribution >= 0.6 is 0 Å². The molecule has 0 saturated carbocycles. The van der Waals surface area contributed by atoms with Crippen LogP contribution in [0.5, 0.6) is 0 Å². The van der Waals surface area contributed by atoms with Gasteiger partial charge in [0.1, 0.15) is 6.54 Å². The molecule has 0 aromatic heterocycles. The Hall–Kier alpha value is -3.32. The minimum Gasteiger partial charge on any atom is -0.372 e. The molecule has 1 saturated heterocycles. The molecular formula is C28H33N3O3S. The topological polar surface area (TPSA) is 69.7 Å². The fraction of sp³-hybridized carbons (Fsp3) is 0.321. The van der Waals surface area contributed by atoms with Crippen molar-refractivity contribution in [1.82, 2.24) is 5.32 Å². The van der Waals surface area contributed by atoms with Crippen molar-refractivity contribution in [2.45, 2.75) is 44.6 Å². The van der Waals surface area contributed by atoms with E-state index in [1.807, 2.05) is 45.0 Å². The highest BCUT2D eigenvalue weighted by Crippen LogP contribution is 2.29. The lowest BCUT2D eigenvalue weighted by Gasteiger charge is -2.27. The van der Waals surface area contributed by atoms with Crippen LogP contribution in [0.2, 0.25) is 0 Å². The van der Waals surface area contributed by atoms with E-state index in [2.05, 4.69) is 22.3 Å². The van der Waals surface area contributed by atoms with Crippen molar-refractivity contribution in [2.24, 2.45) is 0 Å². The Kier molecular flexibility index (Phi) is 7.45. The molecule has 0 bridgehead atoms. The van der Waals surface area contributed by atoms with Crippen LogP contribution in [-0.2, 0) is 14.8 Å². The van der Waals surface area contributed by atoms with Crippen LogP contribution in [0.3, 0.4) is 0 Å². The van der Waals surface area contributed by atoms with Crippen molar-refractivity contribution >= 4 is 27.3 Å². The summed E-state index contributed by atoms with van der Waals surface area (Å²) in [5.74, 6) is -0.360. The van der Waals surface area contributed by atoms with Crippen LogP contribution in [0.25, 0.3) is 0 Å². The fourth-order valence-electron chi connectivity index (χ4n) is 4.48. The van der Waals surface area contributed by atoms with E-state index < -0.39 is 10.0 Å². The molecule has 1 amide bonds. The summed E-state index contributed by atoms with van der Waals surface area (Å²) >= 11 is 0. The summed E-state index contributed by atoms with van der Waals surface area (Å²) in [4.78, 5) is 15.7. The standard InChI is InChI=1S/C28H33N3O3S/c1-21-10-9-13-27(22(21)2)31(35(33,34)26-11-5-4-6-12-26)20-28(32)29-23(3)24-14-16-25(17-15-24)30-18-7-8-19-30/h4-6,9-17,23H,7-8,18-20H2,1-3H3,(H,29,32). The van der Waals surface area contributed by atoms with Crippen molar-refractivity contribution in [2.75, 3.05) is 28.8 Å². The molecule has 1 aliphatic heterocycles. The molecule has 35 heavy (non-hydrogen) atoms. The van der Waals surface area contributed by atoms with E-state index in [4.69, 9.17) is 0 Å². The highest BCUT2D eigenvalue weighted by Gasteiger charge is 2.29. The predicted molar refractivity (Wildman–Crippen MR) is 141 cm³/mol. The van der Waals surface area contributed by atoms with Crippen molar-refractivity contribution in [3.63, 3.8) is 0 Å². The average molecular weight is 492 g/mol. The second-order valence-electron chi connectivity index (χ2n) is 9.12. The van der Waals surface area contributed by atoms with Gasteiger partial charge in [-0.25, -0.2) is 8.42 Å². The van der Waals surface area contributed by atoms with Crippen LogP contribution in [0.4, 0.5) is 11.4 Å². The molecule has 1 unspecified atom stereocenters. The Balaban J connectivity index is 1.55. The molecule has 1 aliphatic rings. The zero-order valence-corrected chi connectivity index (χ0v) is 21.4. The molecule has 0 radical (unpaired) electrons. The number of amides is 1. The van der Waals surface area contributed by atoms with Crippen molar-refractivity contribution in [1.29, 1.82) is 0 Å². The number of nitrogens with one attached hydrogen (secondary N) is 1. The van der Waals surface area contributed by atoms with Gasteiger partial charge < -0.3 is 10.2 Å². The van der Waals surface area contributed by atoms with Gasteiger partial charge >= 0.3 is 0 Å². The van der Waals surface area contributed by atoms with E-state index in [0.717, 1.165) is 29.8 Å². The Morgan fingerprint density at radius 2 is 1.60 bits per heavy atom. The summed E-state index contributed by atoms with van der Waals surface area (Å²) in [5, 5.41) is 2.98. The summed E-state index contributed by atoms with van der Waals surface area (Å²) in [6.07, 6.45) is 2.44. The molecule has 1 fully saturated rings. The smallest absolute Gasteiger partial charge is 0.264 e. The number of carbonyl (C=O) groups is 1. The Bertz CT molecular complexity index is 1270. The highest BCUT2D eigenvalue weighted by molar-refractivity contribution is 7.92.